The lowest BCUT2D eigenvalue weighted by molar-refractivity contribution is 0.273. The highest BCUT2D eigenvalue weighted by Gasteiger charge is 2.10. The Bertz CT molecular complexity index is 545. The van der Waals surface area contributed by atoms with E-state index < -0.39 is 0 Å². The van der Waals surface area contributed by atoms with Crippen molar-refractivity contribution in [1.29, 1.82) is 0 Å². The standard InChI is InChI=1S/C16H16Cl2FN/c17-8-9-20(11-13-4-2-1-3-5-13)12-14-10-15(19)6-7-16(14)18/h1-7,10H,8-9,11-12H2. The average Bonchev–Trinajstić information content (AvgIpc) is 2.44. The van der Waals surface area contributed by atoms with Crippen molar-refractivity contribution in [2.75, 3.05) is 12.4 Å². The molecular formula is C16H16Cl2FN. The van der Waals surface area contributed by atoms with Gasteiger partial charge in [0.05, 0.1) is 0 Å². The Morgan fingerprint density at radius 1 is 1.00 bits per heavy atom. The van der Waals surface area contributed by atoms with Gasteiger partial charge in [0.1, 0.15) is 5.82 Å². The maximum absolute atomic E-state index is 13.3. The number of alkyl halides is 1. The van der Waals surface area contributed by atoms with Crippen LogP contribution in [0.15, 0.2) is 48.5 Å². The molecule has 0 aliphatic carbocycles. The molecule has 0 aliphatic heterocycles. The molecule has 2 aromatic carbocycles. The molecule has 0 atom stereocenters. The van der Waals surface area contributed by atoms with Crippen LogP contribution < -0.4 is 0 Å². The number of nitrogens with zero attached hydrogens (tertiary/aromatic N) is 1. The smallest absolute Gasteiger partial charge is 0.123 e. The van der Waals surface area contributed by atoms with Crippen LogP contribution in [0.2, 0.25) is 5.02 Å². The first kappa shape index (κ1) is 15.3. The summed E-state index contributed by atoms with van der Waals surface area (Å²) in [6.45, 7) is 2.07. The maximum Gasteiger partial charge on any atom is 0.123 e. The summed E-state index contributed by atoms with van der Waals surface area (Å²) in [5.74, 6) is 0.259. The number of benzene rings is 2. The molecule has 0 radical (unpaired) electrons. The van der Waals surface area contributed by atoms with Gasteiger partial charge in [-0.25, -0.2) is 4.39 Å². The average molecular weight is 312 g/mol. The summed E-state index contributed by atoms with van der Waals surface area (Å²) in [6, 6.07) is 14.6. The first-order valence-corrected chi connectivity index (χ1v) is 7.36. The fraction of sp³-hybridized carbons (Fsp3) is 0.250. The van der Waals surface area contributed by atoms with Gasteiger partial charge in [-0.3, -0.25) is 4.90 Å². The quantitative estimate of drug-likeness (QED) is 0.698. The molecular weight excluding hydrogens is 296 g/mol. The van der Waals surface area contributed by atoms with Gasteiger partial charge in [-0.1, -0.05) is 41.9 Å². The van der Waals surface area contributed by atoms with Crippen molar-refractivity contribution >= 4 is 23.2 Å². The second-order valence-electron chi connectivity index (χ2n) is 4.62. The lowest BCUT2D eigenvalue weighted by Gasteiger charge is -2.22. The van der Waals surface area contributed by atoms with E-state index in [1.165, 1.54) is 17.7 Å². The molecule has 0 aromatic heterocycles. The topological polar surface area (TPSA) is 3.24 Å². The van der Waals surface area contributed by atoms with Gasteiger partial charge in [0.25, 0.3) is 0 Å². The maximum atomic E-state index is 13.3. The molecule has 4 heteroatoms. The fourth-order valence-corrected chi connectivity index (χ4v) is 2.50. The van der Waals surface area contributed by atoms with E-state index >= 15 is 0 Å². The molecule has 1 nitrogen and oxygen atoms in total. The highest BCUT2D eigenvalue weighted by atomic mass is 35.5. The van der Waals surface area contributed by atoms with Gasteiger partial charge in [-0.2, -0.15) is 0 Å². The number of halogens is 3. The van der Waals surface area contributed by atoms with Crippen LogP contribution in [0.1, 0.15) is 11.1 Å². The van der Waals surface area contributed by atoms with Gasteiger partial charge in [0.15, 0.2) is 0 Å². The van der Waals surface area contributed by atoms with Crippen LogP contribution in [0.5, 0.6) is 0 Å². The van der Waals surface area contributed by atoms with E-state index in [2.05, 4.69) is 17.0 Å². The highest BCUT2D eigenvalue weighted by molar-refractivity contribution is 6.31. The molecule has 20 heavy (non-hydrogen) atoms. The molecule has 0 saturated carbocycles. The largest absolute Gasteiger partial charge is 0.294 e. The van der Waals surface area contributed by atoms with Crippen LogP contribution in [-0.2, 0) is 13.1 Å². The molecule has 0 amide bonds. The molecule has 0 spiro atoms. The zero-order valence-corrected chi connectivity index (χ0v) is 12.5. The van der Waals surface area contributed by atoms with E-state index in [1.807, 2.05) is 18.2 Å². The zero-order valence-electron chi connectivity index (χ0n) is 11.0. The minimum Gasteiger partial charge on any atom is -0.294 e. The summed E-state index contributed by atoms with van der Waals surface area (Å²) < 4.78 is 13.3. The lowest BCUT2D eigenvalue weighted by Crippen LogP contribution is -2.25. The molecule has 0 fully saturated rings. The van der Waals surface area contributed by atoms with Gasteiger partial charge in [0, 0.05) is 30.5 Å². The predicted octanol–water partition coefficient (Wildman–Crippen LogP) is 4.72. The van der Waals surface area contributed by atoms with Crippen molar-refractivity contribution in [2.24, 2.45) is 0 Å². The van der Waals surface area contributed by atoms with Crippen LogP contribution in [0.4, 0.5) is 4.39 Å². The third-order valence-electron chi connectivity index (χ3n) is 3.05. The van der Waals surface area contributed by atoms with Crippen molar-refractivity contribution in [1.82, 2.24) is 4.90 Å². The normalized spacial score (nSPS) is 11.0. The molecule has 0 N–H and O–H groups in total. The van der Waals surface area contributed by atoms with Gasteiger partial charge in [0.2, 0.25) is 0 Å². The highest BCUT2D eigenvalue weighted by Crippen LogP contribution is 2.20. The van der Waals surface area contributed by atoms with Crippen molar-refractivity contribution < 1.29 is 4.39 Å². The van der Waals surface area contributed by atoms with E-state index in [4.69, 9.17) is 23.2 Å². The first-order chi connectivity index (χ1) is 9.69. The summed E-state index contributed by atoms with van der Waals surface area (Å²) in [7, 11) is 0. The van der Waals surface area contributed by atoms with E-state index in [1.54, 1.807) is 6.07 Å². The van der Waals surface area contributed by atoms with E-state index in [0.717, 1.165) is 18.7 Å². The third kappa shape index (κ3) is 4.48. The van der Waals surface area contributed by atoms with Crippen LogP contribution >= 0.6 is 23.2 Å². The van der Waals surface area contributed by atoms with Gasteiger partial charge < -0.3 is 0 Å². The molecule has 106 valence electrons. The number of rotatable bonds is 6. The molecule has 0 bridgehead atoms. The molecule has 2 rings (SSSR count). The Morgan fingerprint density at radius 2 is 1.75 bits per heavy atom. The molecule has 0 unspecified atom stereocenters. The van der Waals surface area contributed by atoms with Gasteiger partial charge in [-0.15, -0.1) is 11.6 Å². The minimum atomic E-state index is -0.269. The van der Waals surface area contributed by atoms with Crippen LogP contribution in [0.3, 0.4) is 0 Å². The Labute approximate surface area is 128 Å². The van der Waals surface area contributed by atoms with Crippen LogP contribution in [0, 0.1) is 5.82 Å². The summed E-state index contributed by atoms with van der Waals surface area (Å²) in [6.07, 6.45) is 0. The lowest BCUT2D eigenvalue weighted by atomic mass is 10.1. The Morgan fingerprint density at radius 3 is 2.45 bits per heavy atom. The summed E-state index contributed by atoms with van der Waals surface area (Å²) in [4.78, 5) is 2.16. The van der Waals surface area contributed by atoms with Gasteiger partial charge >= 0.3 is 0 Å². The van der Waals surface area contributed by atoms with Gasteiger partial charge in [-0.05, 0) is 29.3 Å². The second-order valence-corrected chi connectivity index (χ2v) is 5.41. The Hall–Kier alpha value is -1.09. The molecule has 2 aromatic rings. The molecule has 0 aliphatic rings. The number of hydrogen-bond acceptors (Lipinski definition) is 1. The number of hydrogen-bond donors (Lipinski definition) is 0. The third-order valence-corrected chi connectivity index (χ3v) is 3.59. The summed E-state index contributed by atoms with van der Waals surface area (Å²) in [5.41, 5.74) is 1.98. The first-order valence-electron chi connectivity index (χ1n) is 6.45. The minimum absolute atomic E-state index is 0.269. The summed E-state index contributed by atoms with van der Waals surface area (Å²) >= 11 is 12.0. The zero-order chi connectivity index (χ0) is 14.4. The predicted molar refractivity (Wildman–Crippen MR) is 82.7 cm³/mol. The van der Waals surface area contributed by atoms with E-state index in [-0.39, 0.29) is 5.82 Å². The van der Waals surface area contributed by atoms with Crippen LogP contribution in [-0.4, -0.2) is 17.3 Å². The van der Waals surface area contributed by atoms with Crippen LogP contribution in [0.25, 0.3) is 0 Å². The molecule has 0 heterocycles. The van der Waals surface area contributed by atoms with E-state index in [0.29, 0.717) is 17.4 Å². The monoisotopic (exact) mass is 311 g/mol. The fourth-order valence-electron chi connectivity index (χ4n) is 2.08. The second kappa shape index (κ2) is 7.63. The SMILES string of the molecule is Fc1ccc(Cl)c(CN(CCCl)Cc2ccccc2)c1. The van der Waals surface area contributed by atoms with Crippen molar-refractivity contribution in [3.8, 4) is 0 Å². The van der Waals surface area contributed by atoms with Crippen molar-refractivity contribution in [3.63, 3.8) is 0 Å². The molecule has 0 saturated heterocycles. The van der Waals surface area contributed by atoms with E-state index in [9.17, 15) is 4.39 Å². The Kier molecular flexibility index (Phi) is 5.84. The Balaban J connectivity index is 2.11. The van der Waals surface area contributed by atoms with Crippen molar-refractivity contribution in [3.05, 3.63) is 70.5 Å². The van der Waals surface area contributed by atoms with Crippen molar-refractivity contribution in [2.45, 2.75) is 13.1 Å². The summed E-state index contributed by atoms with van der Waals surface area (Å²) in [5, 5.41) is 0.582.